The maximum absolute atomic E-state index is 13.0. The number of allylic oxidation sites excluding steroid dienone is 1. The van der Waals surface area contributed by atoms with Crippen LogP contribution in [-0.4, -0.2) is 22.7 Å². The summed E-state index contributed by atoms with van der Waals surface area (Å²) in [5, 5.41) is 19.0. The highest BCUT2D eigenvalue weighted by atomic mass is 32.1. The number of aromatic hydroxyl groups is 1. The molecule has 1 atom stereocenters. The first-order valence-electron chi connectivity index (χ1n) is 8.59. The van der Waals surface area contributed by atoms with Crippen LogP contribution in [-0.2, 0) is 4.79 Å². The average molecular weight is 383 g/mol. The topological polar surface area (TPSA) is 82.6 Å². The molecule has 140 valence electrons. The van der Waals surface area contributed by atoms with E-state index in [4.69, 9.17) is 17.0 Å². The third-order valence-corrected chi connectivity index (χ3v) is 4.38. The summed E-state index contributed by atoms with van der Waals surface area (Å²) in [5.74, 6) is 0.674. The molecule has 2 aromatic carbocycles. The summed E-state index contributed by atoms with van der Waals surface area (Å²) in [7, 11) is 0. The van der Waals surface area contributed by atoms with Crippen LogP contribution >= 0.6 is 12.2 Å². The first-order valence-corrected chi connectivity index (χ1v) is 9.00. The van der Waals surface area contributed by atoms with E-state index in [1.165, 1.54) is 0 Å². The van der Waals surface area contributed by atoms with E-state index >= 15 is 0 Å². The summed E-state index contributed by atoms with van der Waals surface area (Å²) in [6.07, 6.45) is 0. The lowest BCUT2D eigenvalue weighted by Gasteiger charge is -2.30. The molecule has 7 heteroatoms. The Kier molecular flexibility index (Phi) is 5.61. The second-order valence-corrected chi connectivity index (χ2v) is 6.48. The van der Waals surface area contributed by atoms with E-state index in [2.05, 4.69) is 16.0 Å². The molecule has 1 aliphatic rings. The molecule has 1 aliphatic heterocycles. The van der Waals surface area contributed by atoms with Crippen molar-refractivity contribution in [3.8, 4) is 11.5 Å². The van der Waals surface area contributed by atoms with Crippen molar-refractivity contribution in [1.82, 2.24) is 10.6 Å². The van der Waals surface area contributed by atoms with Gasteiger partial charge in [0.05, 0.1) is 18.2 Å². The number of phenols is 1. The number of ether oxygens (including phenoxy) is 1. The van der Waals surface area contributed by atoms with Crippen LogP contribution in [0.2, 0.25) is 0 Å². The van der Waals surface area contributed by atoms with Gasteiger partial charge in [-0.15, -0.1) is 0 Å². The number of anilines is 1. The van der Waals surface area contributed by atoms with Gasteiger partial charge in [-0.2, -0.15) is 0 Å². The summed E-state index contributed by atoms with van der Waals surface area (Å²) in [6.45, 7) is 4.32. The summed E-state index contributed by atoms with van der Waals surface area (Å²) < 4.78 is 5.42. The molecule has 0 spiro atoms. The summed E-state index contributed by atoms with van der Waals surface area (Å²) in [6, 6.07) is 13.5. The van der Waals surface area contributed by atoms with Crippen molar-refractivity contribution in [2.24, 2.45) is 0 Å². The number of amides is 1. The second kappa shape index (κ2) is 8.09. The van der Waals surface area contributed by atoms with E-state index < -0.39 is 6.04 Å². The first kappa shape index (κ1) is 18.7. The molecule has 0 saturated heterocycles. The van der Waals surface area contributed by atoms with E-state index in [9.17, 15) is 9.90 Å². The number of nitrogens with one attached hydrogen (secondary N) is 3. The predicted octanol–water partition coefficient (Wildman–Crippen LogP) is 3.22. The van der Waals surface area contributed by atoms with Crippen molar-refractivity contribution in [1.29, 1.82) is 0 Å². The van der Waals surface area contributed by atoms with Gasteiger partial charge in [-0.1, -0.05) is 12.1 Å². The van der Waals surface area contributed by atoms with Crippen LogP contribution in [0.5, 0.6) is 11.5 Å². The third-order valence-electron chi connectivity index (χ3n) is 4.16. The Balaban J connectivity index is 1.86. The third kappa shape index (κ3) is 4.38. The van der Waals surface area contributed by atoms with Gasteiger partial charge in [-0.05, 0) is 68.0 Å². The van der Waals surface area contributed by atoms with Crippen molar-refractivity contribution < 1.29 is 14.6 Å². The lowest BCUT2D eigenvalue weighted by Crippen LogP contribution is -2.45. The second-order valence-electron chi connectivity index (χ2n) is 6.07. The fraction of sp³-hybridized carbons (Fsp3) is 0.200. The minimum absolute atomic E-state index is 0.163. The highest BCUT2D eigenvalue weighted by Crippen LogP contribution is 2.29. The van der Waals surface area contributed by atoms with E-state index in [1.54, 1.807) is 36.4 Å². The average Bonchev–Trinajstić information content (AvgIpc) is 2.63. The van der Waals surface area contributed by atoms with Crippen molar-refractivity contribution >= 4 is 28.9 Å². The van der Waals surface area contributed by atoms with Crippen LogP contribution in [0, 0.1) is 0 Å². The normalized spacial score (nSPS) is 16.4. The fourth-order valence-corrected chi connectivity index (χ4v) is 3.18. The lowest BCUT2D eigenvalue weighted by molar-refractivity contribution is -0.113. The van der Waals surface area contributed by atoms with Gasteiger partial charge in [0.1, 0.15) is 11.5 Å². The zero-order valence-electron chi connectivity index (χ0n) is 15.1. The minimum Gasteiger partial charge on any atom is -0.508 e. The van der Waals surface area contributed by atoms with Crippen molar-refractivity contribution in [2.75, 3.05) is 11.9 Å². The molecule has 0 fully saturated rings. The van der Waals surface area contributed by atoms with Gasteiger partial charge in [0.25, 0.3) is 5.91 Å². The molecule has 27 heavy (non-hydrogen) atoms. The van der Waals surface area contributed by atoms with E-state index in [-0.39, 0.29) is 11.7 Å². The van der Waals surface area contributed by atoms with Crippen molar-refractivity contribution in [3.63, 3.8) is 0 Å². The predicted molar refractivity (Wildman–Crippen MR) is 109 cm³/mol. The van der Waals surface area contributed by atoms with Crippen molar-refractivity contribution in [2.45, 2.75) is 19.9 Å². The van der Waals surface area contributed by atoms with Crippen LogP contribution in [0.3, 0.4) is 0 Å². The zero-order chi connectivity index (χ0) is 19.4. The molecule has 3 rings (SSSR count). The Bertz CT molecular complexity index is 876. The number of benzene rings is 2. The molecule has 0 aliphatic carbocycles. The summed E-state index contributed by atoms with van der Waals surface area (Å²) >= 11 is 5.24. The minimum atomic E-state index is -0.415. The molecule has 0 unspecified atom stereocenters. The summed E-state index contributed by atoms with van der Waals surface area (Å²) in [5.41, 5.74) is 2.71. The molecule has 1 amide bonds. The van der Waals surface area contributed by atoms with Crippen LogP contribution in [0.15, 0.2) is 59.8 Å². The van der Waals surface area contributed by atoms with Crippen molar-refractivity contribution in [3.05, 3.63) is 65.4 Å². The number of hydrogen-bond donors (Lipinski definition) is 4. The molecule has 0 aromatic heterocycles. The van der Waals surface area contributed by atoms with Gasteiger partial charge in [-0.25, -0.2) is 0 Å². The molecular formula is C20H21N3O3S. The molecule has 4 N–H and O–H groups in total. The lowest BCUT2D eigenvalue weighted by atomic mass is 9.95. The smallest absolute Gasteiger partial charge is 0.255 e. The van der Waals surface area contributed by atoms with Gasteiger partial charge in [0.2, 0.25) is 0 Å². The van der Waals surface area contributed by atoms with Gasteiger partial charge in [-0.3, -0.25) is 4.79 Å². The fourth-order valence-electron chi connectivity index (χ4n) is 2.91. The van der Waals surface area contributed by atoms with E-state index in [0.29, 0.717) is 28.7 Å². The highest BCUT2D eigenvalue weighted by Gasteiger charge is 2.29. The standard InChI is InChI=1S/C20H21N3O3S/c1-3-26-16-10-6-14(7-11-16)22-19(25)17-12(2)21-20(27)23-18(17)13-4-8-15(24)9-5-13/h4-11,18,24H,3H2,1-2H3,(H,22,25)(H2,21,23,27)/t18-/m0/s1. The maximum atomic E-state index is 13.0. The largest absolute Gasteiger partial charge is 0.508 e. The number of carbonyl (C=O) groups is 1. The van der Waals surface area contributed by atoms with E-state index in [0.717, 1.165) is 11.3 Å². The van der Waals surface area contributed by atoms with E-state index in [1.807, 2.05) is 26.0 Å². The number of carbonyl (C=O) groups excluding carboxylic acids is 1. The van der Waals surface area contributed by atoms with Gasteiger partial charge >= 0.3 is 0 Å². The summed E-state index contributed by atoms with van der Waals surface area (Å²) in [4.78, 5) is 13.0. The SMILES string of the molecule is CCOc1ccc(NC(=O)C2=C(C)NC(=S)N[C@H]2c2ccc(O)cc2)cc1. The first-order chi connectivity index (χ1) is 13.0. The van der Waals surface area contributed by atoms with Crippen LogP contribution < -0.4 is 20.7 Å². The van der Waals surface area contributed by atoms with Crippen LogP contribution in [0.25, 0.3) is 0 Å². The van der Waals surface area contributed by atoms with Gasteiger partial charge in [0, 0.05) is 11.4 Å². The molecule has 6 nitrogen and oxygen atoms in total. The number of phenolic OH excluding ortho intramolecular Hbond substituents is 1. The Morgan fingerprint density at radius 2 is 1.85 bits per heavy atom. The molecular weight excluding hydrogens is 362 g/mol. The highest BCUT2D eigenvalue weighted by molar-refractivity contribution is 7.80. The Labute approximate surface area is 163 Å². The molecule has 0 saturated carbocycles. The Morgan fingerprint density at radius 3 is 2.48 bits per heavy atom. The quantitative estimate of drug-likeness (QED) is 0.594. The zero-order valence-corrected chi connectivity index (χ0v) is 15.9. The monoisotopic (exact) mass is 383 g/mol. The number of rotatable bonds is 5. The maximum Gasteiger partial charge on any atom is 0.255 e. The Hall–Kier alpha value is -3.06. The molecule has 0 bridgehead atoms. The number of thiocarbonyl (C=S) groups is 1. The van der Waals surface area contributed by atoms with Crippen LogP contribution in [0.1, 0.15) is 25.5 Å². The molecule has 2 aromatic rings. The van der Waals surface area contributed by atoms with Gasteiger partial charge in [0.15, 0.2) is 5.11 Å². The molecule has 1 heterocycles. The molecule has 0 radical (unpaired) electrons. The Morgan fingerprint density at radius 1 is 1.19 bits per heavy atom. The van der Waals surface area contributed by atoms with Gasteiger partial charge < -0.3 is 25.8 Å². The van der Waals surface area contributed by atoms with Crippen LogP contribution in [0.4, 0.5) is 5.69 Å². The number of hydrogen-bond acceptors (Lipinski definition) is 4.